The number of aliphatic hydroxyl groups is 5. The van der Waals surface area contributed by atoms with E-state index in [1.165, 1.54) is 7.11 Å². The van der Waals surface area contributed by atoms with Crippen LogP contribution in [0.4, 0.5) is 11.4 Å². The Bertz CT molecular complexity index is 1400. The largest absolute Gasteiger partial charge is 0.497 e. The maximum Gasteiger partial charge on any atom is 0.264 e. The number of hydrogen-bond acceptors (Lipinski definition) is 11. The zero-order valence-corrected chi connectivity index (χ0v) is 26.0. The van der Waals surface area contributed by atoms with Gasteiger partial charge in [-0.3, -0.25) is 9.59 Å². The Morgan fingerprint density at radius 1 is 1.09 bits per heavy atom. The molecule has 240 valence electrons. The molecule has 0 aliphatic carbocycles. The van der Waals surface area contributed by atoms with E-state index >= 15 is 0 Å². The Balaban J connectivity index is 1.44. The molecule has 3 aliphatic rings. The predicted molar refractivity (Wildman–Crippen MR) is 159 cm³/mol. The van der Waals surface area contributed by atoms with Gasteiger partial charge in [-0.2, -0.15) is 0 Å². The average Bonchev–Trinajstić information content (AvgIpc) is 3.40. The number of carbonyl (C=O) groups excluding carboxylic acids is 2. The van der Waals surface area contributed by atoms with E-state index in [0.29, 0.717) is 28.3 Å². The second-order valence-electron chi connectivity index (χ2n) is 12.3. The Labute approximate surface area is 255 Å². The number of fused-ring (bicyclic) bond motifs is 2. The molecule has 7 N–H and O–H groups in total. The van der Waals surface area contributed by atoms with Gasteiger partial charge in [-0.15, -0.1) is 0 Å². The summed E-state index contributed by atoms with van der Waals surface area (Å²) < 4.78 is 17.1. The molecule has 14 heteroatoms. The lowest BCUT2D eigenvalue weighted by Gasteiger charge is -2.37. The molecule has 0 aromatic heterocycles. The Hall–Kier alpha value is -2.92. The smallest absolute Gasteiger partial charge is 0.264 e. The zero-order valence-electron chi connectivity index (χ0n) is 25.0. The summed E-state index contributed by atoms with van der Waals surface area (Å²) in [6, 6.07) is 12.0. The first-order chi connectivity index (χ1) is 20.7. The molecular formula is C30H40N2O11Si. The lowest BCUT2D eigenvalue weighted by Crippen LogP contribution is -2.60. The van der Waals surface area contributed by atoms with E-state index in [-0.39, 0.29) is 31.0 Å². The number of nitrogens with one attached hydrogen (secondary N) is 1. The summed E-state index contributed by atoms with van der Waals surface area (Å²) in [6.07, 6.45) is -9.10. The van der Waals surface area contributed by atoms with Crippen LogP contribution in [-0.2, 0) is 31.2 Å². The molecule has 5 rings (SSSR count). The number of ether oxygens (including phenoxy) is 3. The second kappa shape index (κ2) is 12.1. The summed E-state index contributed by atoms with van der Waals surface area (Å²) in [6.45, 7) is 5.47. The first-order valence-corrected chi connectivity index (χ1v) is 17.6. The minimum atomic E-state index is -2.86. The van der Waals surface area contributed by atoms with Crippen molar-refractivity contribution < 1.29 is 54.1 Å². The summed E-state index contributed by atoms with van der Waals surface area (Å²) in [5, 5.41) is 52.1. The van der Waals surface area contributed by atoms with Crippen LogP contribution in [0.15, 0.2) is 42.5 Å². The van der Waals surface area contributed by atoms with Gasteiger partial charge in [0.25, 0.3) is 11.8 Å². The van der Waals surface area contributed by atoms with Crippen LogP contribution >= 0.6 is 0 Å². The minimum Gasteiger partial charge on any atom is -0.497 e. The molecule has 0 bridgehead atoms. The minimum absolute atomic E-state index is 0.0984. The molecule has 2 amide bonds. The second-order valence-corrected chi connectivity index (χ2v) is 16.2. The van der Waals surface area contributed by atoms with Crippen LogP contribution in [0.25, 0.3) is 0 Å². The van der Waals surface area contributed by atoms with Crippen molar-refractivity contribution in [1.29, 1.82) is 0 Å². The molecule has 0 radical (unpaired) electrons. The lowest BCUT2D eigenvalue weighted by atomic mass is 9.82. The molecule has 2 aromatic rings. The topological polar surface area (TPSA) is 198 Å². The zero-order chi connectivity index (χ0) is 32.1. The molecule has 13 nitrogen and oxygen atoms in total. The van der Waals surface area contributed by atoms with Gasteiger partial charge in [-0.1, -0.05) is 19.1 Å². The third-order valence-electron chi connectivity index (χ3n) is 8.99. The molecule has 0 unspecified atom stereocenters. The van der Waals surface area contributed by atoms with Crippen molar-refractivity contribution in [3.63, 3.8) is 0 Å². The standard InChI is InChI=1S/C30H40N2O11Si/c1-15-26(44(3,4)40)21(10-11-33)43-30(15)19-13-18(41-2)8-9-20(19)32(29(30)39)14-16-6-5-7-17(12-16)31-27(37)25-23(35)22(34)24(36)28(38)42-25/h5-9,12-13,15,21-26,28,33-36,38,40H,10-11,14H2,1-4H3,(H,31,37)/t15-,21+,22-,23-,24+,25-,26-,28+,30+/m0/s1. The Morgan fingerprint density at radius 3 is 2.48 bits per heavy atom. The number of amides is 2. The van der Waals surface area contributed by atoms with E-state index in [2.05, 4.69) is 5.32 Å². The van der Waals surface area contributed by atoms with E-state index in [4.69, 9.17) is 14.2 Å². The fourth-order valence-electron chi connectivity index (χ4n) is 6.96. The van der Waals surface area contributed by atoms with Crippen LogP contribution in [0.3, 0.4) is 0 Å². The highest BCUT2D eigenvalue weighted by Gasteiger charge is 2.66. The molecule has 1 spiro atoms. The van der Waals surface area contributed by atoms with E-state index in [1.54, 1.807) is 47.4 Å². The fourth-order valence-corrected chi connectivity index (χ4v) is 9.56. The number of benzene rings is 2. The summed E-state index contributed by atoms with van der Waals surface area (Å²) in [4.78, 5) is 40.2. The number of rotatable bonds is 8. The van der Waals surface area contributed by atoms with Gasteiger partial charge in [0.05, 0.1) is 25.4 Å². The number of nitrogens with zero attached hydrogens (tertiary/aromatic N) is 1. The highest BCUT2D eigenvalue weighted by molar-refractivity contribution is 6.71. The highest BCUT2D eigenvalue weighted by atomic mass is 28.4. The number of anilines is 2. The van der Waals surface area contributed by atoms with Gasteiger partial charge in [0.15, 0.2) is 26.3 Å². The predicted octanol–water partition coefficient (Wildman–Crippen LogP) is 0.161. The van der Waals surface area contributed by atoms with Crippen LogP contribution in [-0.4, -0.2) is 101 Å². The quantitative estimate of drug-likeness (QED) is 0.196. The summed E-state index contributed by atoms with van der Waals surface area (Å²) >= 11 is 0. The van der Waals surface area contributed by atoms with E-state index in [9.17, 15) is 39.9 Å². The van der Waals surface area contributed by atoms with Gasteiger partial charge in [0, 0.05) is 29.3 Å². The summed E-state index contributed by atoms with van der Waals surface area (Å²) in [5.41, 5.74) is 0.432. The van der Waals surface area contributed by atoms with Gasteiger partial charge < -0.3 is 54.8 Å². The van der Waals surface area contributed by atoms with Crippen LogP contribution in [0, 0.1) is 5.92 Å². The summed E-state index contributed by atoms with van der Waals surface area (Å²) in [5.74, 6) is -1.04. The molecule has 44 heavy (non-hydrogen) atoms. The molecular weight excluding hydrogens is 592 g/mol. The normalized spacial score (nSPS) is 33.5. The van der Waals surface area contributed by atoms with Crippen LogP contribution in [0.2, 0.25) is 18.6 Å². The Morgan fingerprint density at radius 2 is 1.82 bits per heavy atom. The molecule has 2 fully saturated rings. The SMILES string of the molecule is COc1ccc2c(c1)[C@@]1(O[C@H](CCO)[C@@H]([Si](C)(C)O)[C@@H]1C)C(=O)N2Cc1cccc(NC(=O)[C@H]2O[C@@H](O)[C@H](O)[C@@H](O)[C@@H]2O)c1. The van der Waals surface area contributed by atoms with Crippen molar-refractivity contribution in [1.82, 2.24) is 0 Å². The van der Waals surface area contributed by atoms with Crippen LogP contribution in [0.5, 0.6) is 5.75 Å². The molecule has 9 atom stereocenters. The van der Waals surface area contributed by atoms with Crippen molar-refractivity contribution in [2.75, 3.05) is 23.9 Å². The van der Waals surface area contributed by atoms with E-state index < -0.39 is 62.6 Å². The maximum atomic E-state index is 14.5. The fraction of sp³-hybridized carbons (Fsp3) is 0.533. The summed E-state index contributed by atoms with van der Waals surface area (Å²) in [7, 11) is -1.33. The number of methoxy groups -OCH3 is 1. The first-order valence-electron chi connectivity index (χ1n) is 14.5. The van der Waals surface area contributed by atoms with Crippen molar-refractivity contribution >= 4 is 31.5 Å². The third-order valence-corrected chi connectivity index (χ3v) is 11.5. The van der Waals surface area contributed by atoms with Crippen LogP contribution in [0.1, 0.15) is 24.5 Å². The molecule has 2 aromatic carbocycles. The van der Waals surface area contributed by atoms with Gasteiger partial charge in [-0.25, -0.2) is 0 Å². The van der Waals surface area contributed by atoms with Crippen molar-refractivity contribution in [2.45, 2.75) is 80.9 Å². The first kappa shape index (κ1) is 32.5. The lowest BCUT2D eigenvalue weighted by molar-refractivity contribution is -0.274. The van der Waals surface area contributed by atoms with Gasteiger partial charge in [0.1, 0.15) is 24.1 Å². The van der Waals surface area contributed by atoms with Crippen molar-refractivity contribution in [3.8, 4) is 5.75 Å². The monoisotopic (exact) mass is 632 g/mol. The molecule has 2 saturated heterocycles. The number of aliphatic hydroxyl groups excluding tert-OH is 5. The molecule has 3 aliphatic heterocycles. The van der Waals surface area contributed by atoms with Gasteiger partial charge in [-0.05, 0) is 55.4 Å². The third kappa shape index (κ3) is 5.44. The van der Waals surface area contributed by atoms with Crippen LogP contribution < -0.4 is 15.0 Å². The number of carbonyl (C=O) groups is 2. The molecule has 3 heterocycles. The van der Waals surface area contributed by atoms with Crippen molar-refractivity contribution in [2.24, 2.45) is 5.92 Å². The van der Waals surface area contributed by atoms with Gasteiger partial charge in [0.2, 0.25) is 0 Å². The van der Waals surface area contributed by atoms with Gasteiger partial charge >= 0.3 is 0 Å². The highest BCUT2D eigenvalue weighted by Crippen LogP contribution is 2.60. The van der Waals surface area contributed by atoms with E-state index in [1.807, 2.05) is 20.0 Å². The number of hydrogen-bond donors (Lipinski definition) is 7. The van der Waals surface area contributed by atoms with Crippen molar-refractivity contribution in [3.05, 3.63) is 53.6 Å². The van der Waals surface area contributed by atoms with E-state index in [0.717, 1.165) is 0 Å². The maximum absolute atomic E-state index is 14.5. The molecule has 0 saturated carbocycles. The Kier molecular flexibility index (Phi) is 8.94. The average molecular weight is 633 g/mol.